The van der Waals surface area contributed by atoms with Crippen LogP contribution in [0.1, 0.15) is 33.0 Å². The van der Waals surface area contributed by atoms with Crippen molar-refractivity contribution < 1.29 is 4.79 Å². The highest BCUT2D eigenvalue weighted by atomic mass is 32.1. The summed E-state index contributed by atoms with van der Waals surface area (Å²) in [6.07, 6.45) is 1.67. The van der Waals surface area contributed by atoms with E-state index in [0.717, 1.165) is 27.5 Å². The monoisotopic (exact) mass is 389 g/mol. The van der Waals surface area contributed by atoms with Gasteiger partial charge in [-0.1, -0.05) is 12.1 Å². The Morgan fingerprint density at radius 1 is 1.18 bits per heavy atom. The Kier molecular flexibility index (Phi) is 5.81. The lowest BCUT2D eigenvalue weighted by Crippen LogP contribution is -2.23. The molecule has 0 saturated carbocycles. The number of hydrogen-bond donors (Lipinski definition) is 1. The van der Waals surface area contributed by atoms with Gasteiger partial charge in [0.2, 0.25) is 0 Å². The third-order valence-electron chi connectivity index (χ3n) is 4.89. The number of hydrogen-bond acceptors (Lipinski definition) is 3. The van der Waals surface area contributed by atoms with Crippen LogP contribution in [0.2, 0.25) is 0 Å². The molecule has 2 aromatic heterocycles. The summed E-state index contributed by atoms with van der Waals surface area (Å²) in [5.74, 6) is -0.355. The lowest BCUT2D eigenvalue weighted by Gasteiger charge is -2.12. The minimum Gasteiger partial charge on any atom is -0.347 e. The maximum atomic E-state index is 12.4. The molecule has 28 heavy (non-hydrogen) atoms. The van der Waals surface area contributed by atoms with E-state index < -0.39 is 0 Å². The maximum Gasteiger partial charge on any atom is 0.262 e. The van der Waals surface area contributed by atoms with E-state index in [0.29, 0.717) is 6.54 Å². The highest BCUT2D eigenvalue weighted by molar-refractivity contribution is 7.09. The molecular formula is C23H23N3OS. The summed E-state index contributed by atoms with van der Waals surface area (Å²) < 4.78 is 2.15. The average Bonchev–Trinajstić information content (AvgIpc) is 3.28. The number of nitriles is 1. The Hall–Kier alpha value is -3.10. The largest absolute Gasteiger partial charge is 0.347 e. The summed E-state index contributed by atoms with van der Waals surface area (Å²) in [5.41, 5.74) is 6.60. The number of thiophene rings is 1. The van der Waals surface area contributed by atoms with Gasteiger partial charge in [0.05, 0.1) is 6.54 Å². The van der Waals surface area contributed by atoms with Crippen LogP contribution in [0.4, 0.5) is 0 Å². The van der Waals surface area contributed by atoms with E-state index in [1.165, 1.54) is 11.1 Å². The van der Waals surface area contributed by atoms with Gasteiger partial charge in [-0.2, -0.15) is 5.26 Å². The van der Waals surface area contributed by atoms with Crippen molar-refractivity contribution >= 4 is 23.3 Å². The van der Waals surface area contributed by atoms with Gasteiger partial charge >= 0.3 is 0 Å². The molecule has 1 aromatic carbocycles. The Bertz CT molecular complexity index is 1080. The fraction of sp³-hybridized carbons (Fsp3) is 0.217. The molecule has 3 rings (SSSR count). The summed E-state index contributed by atoms with van der Waals surface area (Å²) in [7, 11) is 0. The van der Waals surface area contributed by atoms with Crippen LogP contribution in [0.15, 0.2) is 47.4 Å². The quantitative estimate of drug-likeness (QED) is 0.493. The van der Waals surface area contributed by atoms with Gasteiger partial charge in [0.15, 0.2) is 0 Å². The number of benzene rings is 1. The molecule has 4 nitrogen and oxygen atoms in total. The molecule has 0 aliphatic rings. The molecule has 2 heterocycles. The predicted octanol–water partition coefficient (Wildman–Crippen LogP) is 5.00. The van der Waals surface area contributed by atoms with Crippen molar-refractivity contribution in [1.82, 2.24) is 9.88 Å². The number of amides is 1. The minimum atomic E-state index is -0.355. The van der Waals surface area contributed by atoms with Gasteiger partial charge in [0.25, 0.3) is 5.91 Å². The van der Waals surface area contributed by atoms with E-state index in [-0.39, 0.29) is 11.5 Å². The summed E-state index contributed by atoms with van der Waals surface area (Å²) in [6, 6.07) is 14.3. The molecule has 1 amide bonds. The number of carbonyl (C=O) groups excluding carboxylic acids is 1. The fourth-order valence-electron chi connectivity index (χ4n) is 3.18. The number of rotatable bonds is 5. The molecule has 0 spiro atoms. The van der Waals surface area contributed by atoms with Crippen molar-refractivity contribution in [3.63, 3.8) is 0 Å². The van der Waals surface area contributed by atoms with Crippen LogP contribution in [-0.4, -0.2) is 10.5 Å². The third-order valence-corrected chi connectivity index (χ3v) is 5.76. The molecule has 142 valence electrons. The fourth-order valence-corrected chi connectivity index (χ4v) is 3.82. The first-order valence-electron chi connectivity index (χ1n) is 9.09. The zero-order valence-electron chi connectivity index (χ0n) is 16.5. The van der Waals surface area contributed by atoms with Crippen LogP contribution in [-0.2, 0) is 11.3 Å². The smallest absolute Gasteiger partial charge is 0.262 e. The van der Waals surface area contributed by atoms with E-state index in [9.17, 15) is 10.1 Å². The minimum absolute atomic E-state index is 0.108. The number of nitrogens with zero attached hydrogens (tertiary/aromatic N) is 2. The summed E-state index contributed by atoms with van der Waals surface area (Å²) >= 11 is 1.58. The second kappa shape index (κ2) is 8.28. The molecule has 0 fully saturated rings. The molecule has 3 aromatic rings. The molecule has 0 aliphatic carbocycles. The van der Waals surface area contributed by atoms with Gasteiger partial charge in [0.1, 0.15) is 11.6 Å². The zero-order valence-corrected chi connectivity index (χ0v) is 17.4. The highest BCUT2D eigenvalue weighted by Gasteiger charge is 2.14. The highest BCUT2D eigenvalue weighted by Crippen LogP contribution is 2.24. The molecule has 0 aliphatic heterocycles. The lowest BCUT2D eigenvalue weighted by atomic mass is 10.1. The van der Waals surface area contributed by atoms with Gasteiger partial charge in [0, 0.05) is 22.0 Å². The SMILES string of the molecule is Cc1ccc(-n2c(C)cc(/C=C(\C#N)C(=O)NCc3cccs3)c2C)cc1C. The molecule has 0 unspecified atom stereocenters. The Balaban J connectivity index is 1.89. The van der Waals surface area contributed by atoms with Crippen molar-refractivity contribution in [3.8, 4) is 11.8 Å². The van der Waals surface area contributed by atoms with Gasteiger partial charge in [-0.25, -0.2) is 0 Å². The van der Waals surface area contributed by atoms with Crippen molar-refractivity contribution in [2.24, 2.45) is 0 Å². The lowest BCUT2D eigenvalue weighted by molar-refractivity contribution is -0.117. The first-order valence-corrected chi connectivity index (χ1v) is 9.97. The molecule has 0 radical (unpaired) electrons. The zero-order chi connectivity index (χ0) is 20.3. The van der Waals surface area contributed by atoms with Crippen LogP contribution < -0.4 is 5.32 Å². The number of aryl methyl sites for hydroxylation is 3. The van der Waals surface area contributed by atoms with Crippen LogP contribution in [0.25, 0.3) is 11.8 Å². The molecular weight excluding hydrogens is 366 g/mol. The number of carbonyl (C=O) groups is 1. The van der Waals surface area contributed by atoms with Crippen LogP contribution in [0.5, 0.6) is 0 Å². The van der Waals surface area contributed by atoms with Crippen LogP contribution >= 0.6 is 11.3 Å². The molecule has 0 atom stereocenters. The second-order valence-electron chi connectivity index (χ2n) is 6.86. The average molecular weight is 390 g/mol. The number of nitrogens with one attached hydrogen (secondary N) is 1. The predicted molar refractivity (Wildman–Crippen MR) is 114 cm³/mol. The first-order chi connectivity index (χ1) is 13.4. The Morgan fingerprint density at radius 2 is 1.96 bits per heavy atom. The van der Waals surface area contributed by atoms with Gasteiger partial charge < -0.3 is 9.88 Å². The summed E-state index contributed by atoms with van der Waals surface area (Å²) in [4.78, 5) is 13.5. The van der Waals surface area contributed by atoms with E-state index in [2.05, 4.69) is 41.9 Å². The van der Waals surface area contributed by atoms with Gasteiger partial charge in [-0.05, 0) is 80.1 Å². The van der Waals surface area contributed by atoms with E-state index in [1.807, 2.05) is 43.5 Å². The molecule has 1 N–H and O–H groups in total. The van der Waals surface area contributed by atoms with Gasteiger partial charge in [-0.15, -0.1) is 11.3 Å². The van der Waals surface area contributed by atoms with Gasteiger partial charge in [-0.3, -0.25) is 4.79 Å². The van der Waals surface area contributed by atoms with Crippen molar-refractivity contribution in [2.45, 2.75) is 34.2 Å². The molecule has 0 bridgehead atoms. The normalized spacial score (nSPS) is 11.3. The maximum absolute atomic E-state index is 12.4. The van der Waals surface area contributed by atoms with Crippen molar-refractivity contribution in [1.29, 1.82) is 5.26 Å². The van der Waals surface area contributed by atoms with Crippen LogP contribution in [0, 0.1) is 39.0 Å². The first kappa shape index (κ1) is 19.7. The van der Waals surface area contributed by atoms with E-state index in [4.69, 9.17) is 0 Å². The summed E-state index contributed by atoms with van der Waals surface area (Å²) in [6.45, 7) is 8.66. The van der Waals surface area contributed by atoms with Crippen LogP contribution in [0.3, 0.4) is 0 Å². The van der Waals surface area contributed by atoms with Crippen molar-refractivity contribution in [3.05, 3.63) is 80.3 Å². The second-order valence-corrected chi connectivity index (χ2v) is 7.89. The van der Waals surface area contributed by atoms with E-state index in [1.54, 1.807) is 17.4 Å². The van der Waals surface area contributed by atoms with E-state index >= 15 is 0 Å². The topological polar surface area (TPSA) is 57.8 Å². The van der Waals surface area contributed by atoms with Crippen molar-refractivity contribution in [2.75, 3.05) is 0 Å². The molecule has 5 heteroatoms. The Morgan fingerprint density at radius 3 is 2.61 bits per heavy atom. The number of aromatic nitrogens is 1. The third kappa shape index (κ3) is 4.08. The molecule has 0 saturated heterocycles. The summed E-state index contributed by atoms with van der Waals surface area (Å²) in [5, 5.41) is 14.3. The Labute approximate surface area is 169 Å². The standard InChI is InChI=1S/C23H23N3OS/c1-15-7-8-21(10-16(15)2)26-17(3)11-19(18(26)4)12-20(13-24)23(27)25-14-22-6-5-9-28-22/h5-12H,14H2,1-4H3,(H,25,27)/b20-12+.